The highest BCUT2D eigenvalue weighted by atomic mass is 32.2. The van der Waals surface area contributed by atoms with Crippen LogP contribution < -0.4 is 0 Å². The Bertz CT molecular complexity index is 875. The molecule has 0 atom stereocenters. The van der Waals surface area contributed by atoms with Crippen molar-refractivity contribution in [1.29, 1.82) is 0 Å². The highest BCUT2D eigenvalue weighted by molar-refractivity contribution is 7.99. The van der Waals surface area contributed by atoms with Crippen LogP contribution in [0.5, 0.6) is 0 Å². The van der Waals surface area contributed by atoms with Crippen LogP contribution >= 0.6 is 11.8 Å². The summed E-state index contributed by atoms with van der Waals surface area (Å²) in [6.07, 6.45) is 6.18. The number of Topliss-reactive ketones (excluding diaryl/α,β-unsaturated/α-hetero) is 1. The van der Waals surface area contributed by atoms with Gasteiger partial charge in [0.2, 0.25) is 0 Å². The average Bonchev–Trinajstić information content (AvgIpc) is 3.12. The predicted molar refractivity (Wildman–Crippen MR) is 109 cm³/mol. The normalized spacial score (nSPS) is 10.9. The molecule has 3 aromatic rings. The molecule has 0 saturated heterocycles. The molecule has 0 aliphatic rings. The van der Waals surface area contributed by atoms with Crippen LogP contribution in [0.1, 0.15) is 31.4 Å². The molecule has 0 fully saturated rings. The van der Waals surface area contributed by atoms with E-state index in [1.807, 2.05) is 23.6 Å². The molecule has 0 spiro atoms. The fourth-order valence-electron chi connectivity index (χ4n) is 2.93. The second kappa shape index (κ2) is 9.46. The molecule has 0 radical (unpaired) electrons. The van der Waals surface area contributed by atoms with E-state index in [1.165, 1.54) is 17.3 Å². The van der Waals surface area contributed by atoms with Gasteiger partial charge in [-0.15, -0.1) is 10.2 Å². The molecule has 140 valence electrons. The molecule has 27 heavy (non-hydrogen) atoms. The van der Waals surface area contributed by atoms with Gasteiger partial charge in [0.1, 0.15) is 5.78 Å². The number of carbonyl (C=O) groups is 1. The Kier molecular flexibility index (Phi) is 6.76. The molecule has 0 bridgehead atoms. The van der Waals surface area contributed by atoms with E-state index >= 15 is 0 Å². The van der Waals surface area contributed by atoms with Crippen LogP contribution in [0.4, 0.5) is 0 Å². The molecule has 0 aliphatic carbocycles. The summed E-state index contributed by atoms with van der Waals surface area (Å²) in [6, 6.07) is 12.2. The number of carbonyl (C=O) groups excluding carboxylic acids is 1. The van der Waals surface area contributed by atoms with Crippen LogP contribution in [0.3, 0.4) is 0 Å². The van der Waals surface area contributed by atoms with Crippen LogP contribution in [0.15, 0.2) is 53.9 Å². The summed E-state index contributed by atoms with van der Waals surface area (Å²) >= 11 is 1.45. The van der Waals surface area contributed by atoms with Gasteiger partial charge >= 0.3 is 0 Å². The van der Waals surface area contributed by atoms with Crippen LogP contribution in [0.2, 0.25) is 0 Å². The number of ketones is 1. The lowest BCUT2D eigenvalue weighted by Crippen LogP contribution is -2.07. The quantitative estimate of drug-likeness (QED) is 0.520. The van der Waals surface area contributed by atoms with Gasteiger partial charge in [-0.3, -0.25) is 9.78 Å². The Morgan fingerprint density at radius 1 is 1.07 bits per heavy atom. The number of hydrogen-bond donors (Lipinski definition) is 0. The number of aromatic nitrogens is 4. The van der Waals surface area contributed by atoms with Crippen molar-refractivity contribution in [2.45, 2.75) is 44.8 Å². The summed E-state index contributed by atoms with van der Waals surface area (Å²) in [7, 11) is 0. The van der Waals surface area contributed by atoms with E-state index in [9.17, 15) is 4.79 Å². The van der Waals surface area contributed by atoms with Gasteiger partial charge in [-0.05, 0) is 36.6 Å². The van der Waals surface area contributed by atoms with Crippen LogP contribution in [0, 0.1) is 0 Å². The Balaban J connectivity index is 1.61. The molecular weight excluding hydrogens is 356 g/mol. The van der Waals surface area contributed by atoms with E-state index in [2.05, 4.69) is 46.4 Å². The number of aryl methyl sites for hydroxylation is 1. The molecule has 6 heteroatoms. The minimum absolute atomic E-state index is 0.192. The van der Waals surface area contributed by atoms with Crippen molar-refractivity contribution in [3.8, 4) is 11.4 Å². The van der Waals surface area contributed by atoms with Crippen molar-refractivity contribution >= 4 is 17.5 Å². The fraction of sp³-hybridized carbons (Fsp3) is 0.333. The van der Waals surface area contributed by atoms with Crippen LogP contribution in [-0.4, -0.2) is 31.3 Å². The van der Waals surface area contributed by atoms with E-state index in [4.69, 9.17) is 0 Å². The van der Waals surface area contributed by atoms with Crippen LogP contribution in [0.25, 0.3) is 11.4 Å². The second-order valence-corrected chi connectivity index (χ2v) is 7.31. The highest BCUT2D eigenvalue weighted by Gasteiger charge is 2.14. The second-order valence-electron chi connectivity index (χ2n) is 6.36. The standard InChI is InChI=1S/C21H24N4OS/c1-3-6-16-8-10-17(11-9-16)13-19(26)15-27-21-24-23-20(25(21)4-2)18-7-5-12-22-14-18/h5,7-12,14H,3-4,6,13,15H2,1-2H3. The lowest BCUT2D eigenvalue weighted by Gasteiger charge is -2.07. The molecule has 0 N–H and O–H groups in total. The van der Waals surface area contributed by atoms with Crippen molar-refractivity contribution in [1.82, 2.24) is 19.7 Å². The zero-order valence-corrected chi connectivity index (χ0v) is 16.6. The maximum absolute atomic E-state index is 12.4. The van der Waals surface area contributed by atoms with E-state index < -0.39 is 0 Å². The maximum Gasteiger partial charge on any atom is 0.191 e. The maximum atomic E-state index is 12.4. The first-order valence-electron chi connectivity index (χ1n) is 9.27. The summed E-state index contributed by atoms with van der Waals surface area (Å²) in [5.74, 6) is 1.37. The number of nitrogens with zero attached hydrogens (tertiary/aromatic N) is 4. The van der Waals surface area contributed by atoms with E-state index in [0.29, 0.717) is 12.2 Å². The van der Waals surface area contributed by atoms with Gasteiger partial charge in [0.15, 0.2) is 11.0 Å². The first-order chi connectivity index (χ1) is 13.2. The van der Waals surface area contributed by atoms with E-state index in [1.54, 1.807) is 12.4 Å². The van der Waals surface area contributed by atoms with Gasteiger partial charge in [-0.25, -0.2) is 0 Å². The predicted octanol–water partition coefficient (Wildman–Crippen LogP) is 4.22. The van der Waals surface area contributed by atoms with Gasteiger partial charge < -0.3 is 4.57 Å². The summed E-state index contributed by atoms with van der Waals surface area (Å²) < 4.78 is 2.02. The molecule has 0 unspecified atom stereocenters. The summed E-state index contributed by atoms with van der Waals surface area (Å²) in [6.45, 7) is 4.96. The summed E-state index contributed by atoms with van der Waals surface area (Å²) in [5, 5.41) is 9.32. The Morgan fingerprint density at radius 3 is 2.52 bits per heavy atom. The van der Waals surface area contributed by atoms with Gasteiger partial charge in [-0.2, -0.15) is 0 Å². The Labute approximate surface area is 164 Å². The lowest BCUT2D eigenvalue weighted by atomic mass is 10.0. The molecule has 2 aromatic heterocycles. The first kappa shape index (κ1) is 19.3. The summed E-state index contributed by atoms with van der Waals surface area (Å²) in [4.78, 5) is 16.5. The van der Waals surface area contributed by atoms with Crippen molar-refractivity contribution in [2.75, 3.05) is 5.75 Å². The SMILES string of the molecule is CCCc1ccc(CC(=O)CSc2nnc(-c3cccnc3)n2CC)cc1. The van der Waals surface area contributed by atoms with Crippen molar-refractivity contribution in [3.05, 3.63) is 59.9 Å². The molecule has 1 aromatic carbocycles. The number of thioether (sulfide) groups is 1. The molecule has 3 rings (SSSR count). The molecule has 2 heterocycles. The molecular formula is C21H24N4OS. The molecule has 0 aliphatic heterocycles. The minimum atomic E-state index is 0.192. The van der Waals surface area contributed by atoms with E-state index in [-0.39, 0.29) is 5.78 Å². The Morgan fingerprint density at radius 2 is 1.85 bits per heavy atom. The largest absolute Gasteiger partial charge is 0.302 e. The summed E-state index contributed by atoms with van der Waals surface area (Å²) in [5.41, 5.74) is 3.31. The highest BCUT2D eigenvalue weighted by Crippen LogP contribution is 2.23. The smallest absolute Gasteiger partial charge is 0.191 e. The third kappa shape index (κ3) is 5.04. The van der Waals surface area contributed by atoms with Crippen molar-refractivity contribution in [2.24, 2.45) is 0 Å². The van der Waals surface area contributed by atoms with Gasteiger partial charge in [0.05, 0.1) is 5.75 Å². The van der Waals surface area contributed by atoms with Gasteiger partial charge in [-0.1, -0.05) is 49.4 Å². The molecule has 5 nitrogen and oxygen atoms in total. The Hall–Kier alpha value is -2.47. The molecule has 0 amide bonds. The monoisotopic (exact) mass is 380 g/mol. The van der Waals surface area contributed by atoms with Gasteiger partial charge in [0, 0.05) is 30.9 Å². The third-order valence-corrected chi connectivity index (χ3v) is 5.30. The third-order valence-electron chi connectivity index (χ3n) is 4.28. The lowest BCUT2D eigenvalue weighted by molar-refractivity contribution is -0.116. The van der Waals surface area contributed by atoms with Gasteiger partial charge in [0.25, 0.3) is 0 Å². The number of rotatable bonds is 9. The average molecular weight is 381 g/mol. The number of hydrogen-bond acceptors (Lipinski definition) is 5. The van der Waals surface area contributed by atoms with Crippen molar-refractivity contribution in [3.63, 3.8) is 0 Å². The van der Waals surface area contributed by atoms with E-state index in [0.717, 1.165) is 41.5 Å². The zero-order valence-electron chi connectivity index (χ0n) is 15.8. The van der Waals surface area contributed by atoms with Crippen LogP contribution in [-0.2, 0) is 24.2 Å². The molecule has 0 saturated carbocycles. The minimum Gasteiger partial charge on any atom is -0.302 e. The zero-order chi connectivity index (χ0) is 19.1. The number of benzene rings is 1. The number of pyridine rings is 1. The first-order valence-corrected chi connectivity index (χ1v) is 10.3. The fourth-order valence-corrected chi connectivity index (χ4v) is 3.79. The topological polar surface area (TPSA) is 60.7 Å². The van der Waals surface area contributed by atoms with Crippen molar-refractivity contribution < 1.29 is 4.79 Å².